The van der Waals surface area contributed by atoms with E-state index in [4.69, 9.17) is 4.74 Å². The topological polar surface area (TPSA) is 85.2 Å². The van der Waals surface area contributed by atoms with Gasteiger partial charge in [-0.25, -0.2) is 4.68 Å². The van der Waals surface area contributed by atoms with Crippen molar-refractivity contribution in [3.63, 3.8) is 0 Å². The summed E-state index contributed by atoms with van der Waals surface area (Å²) in [5, 5.41) is 9.39. The van der Waals surface area contributed by atoms with E-state index < -0.39 is 17.6 Å². The zero-order valence-electron chi connectivity index (χ0n) is 16.7. The molecule has 7 nitrogen and oxygen atoms in total. The predicted octanol–water partition coefficient (Wildman–Crippen LogP) is 4.04. The number of anilines is 2. The van der Waals surface area contributed by atoms with Gasteiger partial charge in [-0.05, 0) is 49.4 Å². The fourth-order valence-corrected chi connectivity index (χ4v) is 2.87. The molecule has 1 heterocycles. The van der Waals surface area contributed by atoms with Gasteiger partial charge in [0.25, 0.3) is 5.91 Å². The summed E-state index contributed by atoms with van der Waals surface area (Å²) in [6.45, 7) is 1.52. The number of aromatic nitrogens is 2. The SMILES string of the molecule is COCC(=O)Nc1ccc(NC(=O)c2cnn(-c3cccc(C(F)(F)F)c3)c2C)cc1. The number of hydrogen-bond donors (Lipinski definition) is 2. The monoisotopic (exact) mass is 432 g/mol. The maximum Gasteiger partial charge on any atom is 0.416 e. The van der Waals surface area contributed by atoms with Crippen LogP contribution in [0.15, 0.2) is 54.7 Å². The quantitative estimate of drug-likeness (QED) is 0.616. The van der Waals surface area contributed by atoms with Crippen molar-refractivity contribution in [2.45, 2.75) is 13.1 Å². The Balaban J connectivity index is 1.74. The lowest BCUT2D eigenvalue weighted by molar-refractivity contribution is -0.137. The molecule has 3 aromatic rings. The number of methoxy groups -OCH3 is 1. The predicted molar refractivity (Wildman–Crippen MR) is 108 cm³/mol. The highest BCUT2D eigenvalue weighted by Gasteiger charge is 2.30. The zero-order valence-corrected chi connectivity index (χ0v) is 16.7. The van der Waals surface area contributed by atoms with Crippen LogP contribution < -0.4 is 10.6 Å². The summed E-state index contributed by atoms with van der Waals surface area (Å²) in [5.74, 6) is -0.774. The smallest absolute Gasteiger partial charge is 0.375 e. The van der Waals surface area contributed by atoms with Gasteiger partial charge in [0.1, 0.15) is 6.61 Å². The number of rotatable bonds is 6. The normalized spacial score (nSPS) is 11.3. The van der Waals surface area contributed by atoms with Crippen molar-refractivity contribution in [1.82, 2.24) is 9.78 Å². The molecule has 0 spiro atoms. The van der Waals surface area contributed by atoms with E-state index in [2.05, 4.69) is 15.7 Å². The van der Waals surface area contributed by atoms with Crippen LogP contribution in [0.5, 0.6) is 0 Å². The molecule has 162 valence electrons. The van der Waals surface area contributed by atoms with Crippen LogP contribution in [0.3, 0.4) is 0 Å². The second kappa shape index (κ2) is 9.00. The molecule has 2 N–H and O–H groups in total. The number of ether oxygens (including phenoxy) is 1. The van der Waals surface area contributed by atoms with Crippen molar-refractivity contribution in [3.8, 4) is 5.69 Å². The molecule has 2 aromatic carbocycles. The molecule has 0 atom stereocenters. The van der Waals surface area contributed by atoms with Crippen molar-refractivity contribution >= 4 is 23.2 Å². The van der Waals surface area contributed by atoms with E-state index in [9.17, 15) is 22.8 Å². The van der Waals surface area contributed by atoms with Gasteiger partial charge >= 0.3 is 6.18 Å². The second-order valence-corrected chi connectivity index (χ2v) is 6.62. The summed E-state index contributed by atoms with van der Waals surface area (Å²) in [5.41, 5.74) is 1.01. The Kier molecular flexibility index (Phi) is 6.40. The minimum atomic E-state index is -4.48. The lowest BCUT2D eigenvalue weighted by Gasteiger charge is -2.10. The van der Waals surface area contributed by atoms with E-state index in [-0.39, 0.29) is 23.8 Å². The van der Waals surface area contributed by atoms with Crippen molar-refractivity contribution in [2.75, 3.05) is 24.4 Å². The number of carbonyl (C=O) groups is 2. The number of hydrogen-bond acceptors (Lipinski definition) is 4. The molecule has 0 saturated heterocycles. The summed E-state index contributed by atoms with van der Waals surface area (Å²) in [7, 11) is 1.41. The minimum absolute atomic E-state index is 0.0758. The third-order valence-electron chi connectivity index (χ3n) is 4.37. The van der Waals surface area contributed by atoms with E-state index in [1.54, 1.807) is 31.2 Å². The molecule has 0 aliphatic carbocycles. The first kappa shape index (κ1) is 22.0. The Hall–Kier alpha value is -3.66. The molecule has 0 bridgehead atoms. The molecule has 2 amide bonds. The number of carbonyl (C=O) groups excluding carboxylic acids is 2. The first-order valence-corrected chi connectivity index (χ1v) is 9.11. The third kappa shape index (κ3) is 5.28. The molecule has 31 heavy (non-hydrogen) atoms. The van der Waals surface area contributed by atoms with Crippen molar-refractivity contribution in [3.05, 3.63) is 71.5 Å². The van der Waals surface area contributed by atoms with E-state index in [1.165, 1.54) is 30.1 Å². The summed E-state index contributed by atoms with van der Waals surface area (Å²) in [6.07, 6.45) is -3.18. The summed E-state index contributed by atoms with van der Waals surface area (Å²) in [6, 6.07) is 11.1. The van der Waals surface area contributed by atoms with Crippen LogP contribution in [0.4, 0.5) is 24.5 Å². The lowest BCUT2D eigenvalue weighted by atomic mass is 10.2. The number of halogens is 3. The maximum atomic E-state index is 13.0. The van der Waals surface area contributed by atoms with Crippen molar-refractivity contribution < 1.29 is 27.5 Å². The fourth-order valence-electron chi connectivity index (χ4n) is 2.87. The third-order valence-corrected chi connectivity index (χ3v) is 4.37. The molecule has 0 aliphatic heterocycles. The van der Waals surface area contributed by atoms with Gasteiger partial charge < -0.3 is 15.4 Å². The molecule has 0 aliphatic rings. The number of nitrogens with zero attached hydrogens (tertiary/aromatic N) is 2. The average molecular weight is 432 g/mol. The van der Waals surface area contributed by atoms with Crippen molar-refractivity contribution in [1.29, 1.82) is 0 Å². The Morgan fingerprint density at radius 3 is 2.32 bits per heavy atom. The van der Waals surface area contributed by atoms with Gasteiger partial charge in [0.15, 0.2) is 0 Å². The van der Waals surface area contributed by atoms with E-state index in [0.717, 1.165) is 12.1 Å². The van der Waals surface area contributed by atoms with E-state index in [1.807, 2.05) is 0 Å². The molecule has 0 fully saturated rings. The number of benzene rings is 2. The van der Waals surface area contributed by atoms with Gasteiger partial charge in [-0.2, -0.15) is 18.3 Å². The highest BCUT2D eigenvalue weighted by atomic mass is 19.4. The van der Waals surface area contributed by atoms with E-state index in [0.29, 0.717) is 17.1 Å². The first-order chi connectivity index (χ1) is 14.7. The van der Waals surface area contributed by atoms with Gasteiger partial charge in [0, 0.05) is 18.5 Å². The maximum absolute atomic E-state index is 13.0. The Labute approximate surface area is 175 Å². The molecule has 1 aromatic heterocycles. The Morgan fingerprint density at radius 2 is 1.71 bits per heavy atom. The fraction of sp³-hybridized carbons (Fsp3) is 0.190. The molecular weight excluding hydrogens is 413 g/mol. The Bertz CT molecular complexity index is 1090. The van der Waals surface area contributed by atoms with Crippen LogP contribution in [0.1, 0.15) is 21.6 Å². The second-order valence-electron chi connectivity index (χ2n) is 6.62. The molecule has 0 unspecified atom stereocenters. The number of alkyl halides is 3. The zero-order chi connectivity index (χ0) is 22.6. The number of amides is 2. The van der Waals surface area contributed by atoms with Crippen LogP contribution in [0.25, 0.3) is 5.69 Å². The van der Waals surface area contributed by atoms with Gasteiger partial charge in [-0.15, -0.1) is 0 Å². The van der Waals surface area contributed by atoms with Crippen LogP contribution in [0.2, 0.25) is 0 Å². The summed E-state index contributed by atoms with van der Waals surface area (Å²) < 4.78 is 44.9. The van der Waals surface area contributed by atoms with Gasteiger partial charge in [-0.1, -0.05) is 6.07 Å². The van der Waals surface area contributed by atoms with Gasteiger partial charge in [0.2, 0.25) is 5.91 Å². The van der Waals surface area contributed by atoms with Crippen LogP contribution in [-0.4, -0.2) is 35.3 Å². The standard InChI is InChI=1S/C21H19F3N4O3/c1-13-18(11-25-28(13)17-5-3-4-14(10-17)21(22,23)24)20(30)27-16-8-6-15(7-9-16)26-19(29)12-31-2/h3-11H,12H2,1-2H3,(H,26,29)(H,27,30). The van der Waals surface area contributed by atoms with Gasteiger partial charge in [-0.3, -0.25) is 9.59 Å². The van der Waals surface area contributed by atoms with Crippen LogP contribution in [-0.2, 0) is 15.7 Å². The average Bonchev–Trinajstić information content (AvgIpc) is 3.10. The first-order valence-electron chi connectivity index (χ1n) is 9.11. The summed E-state index contributed by atoms with van der Waals surface area (Å²) >= 11 is 0. The molecule has 3 rings (SSSR count). The molecule has 0 saturated carbocycles. The number of nitrogens with one attached hydrogen (secondary N) is 2. The molecule has 10 heteroatoms. The summed E-state index contributed by atoms with van der Waals surface area (Å²) in [4.78, 5) is 24.1. The van der Waals surface area contributed by atoms with Crippen LogP contribution >= 0.6 is 0 Å². The van der Waals surface area contributed by atoms with E-state index >= 15 is 0 Å². The highest BCUT2D eigenvalue weighted by Crippen LogP contribution is 2.30. The lowest BCUT2D eigenvalue weighted by Crippen LogP contribution is -2.17. The van der Waals surface area contributed by atoms with Crippen molar-refractivity contribution in [2.24, 2.45) is 0 Å². The molecular formula is C21H19F3N4O3. The van der Waals surface area contributed by atoms with Crippen LogP contribution in [0, 0.1) is 6.92 Å². The molecule has 0 radical (unpaired) electrons. The Morgan fingerprint density at radius 1 is 1.06 bits per heavy atom. The van der Waals surface area contributed by atoms with Gasteiger partial charge in [0.05, 0.1) is 28.7 Å². The minimum Gasteiger partial charge on any atom is -0.375 e. The highest BCUT2D eigenvalue weighted by molar-refractivity contribution is 6.05. The largest absolute Gasteiger partial charge is 0.416 e.